The molecule has 228 valence electrons. The molecule has 2 amide bonds. The van der Waals surface area contributed by atoms with Crippen molar-refractivity contribution >= 4 is 17.8 Å². The van der Waals surface area contributed by atoms with Gasteiger partial charge in [-0.1, -0.05) is 90.5 Å². The third-order valence-corrected chi connectivity index (χ3v) is 7.72. The number of imide groups is 1. The molecule has 0 unspecified atom stereocenters. The quantitative estimate of drug-likeness (QED) is 0.111. The highest BCUT2D eigenvalue weighted by Crippen LogP contribution is 2.32. The molecule has 3 aromatic carbocycles. The SMILES string of the molecule is Cc1cccc(-c2cc(C(=O)[C@@H](Cc3ccccc3)C(=O)N3C(=O)OC[C@H]3Cc3ccccc3)oc2CCCOCCO)c1. The van der Waals surface area contributed by atoms with Crippen molar-refractivity contribution in [2.75, 3.05) is 26.4 Å². The van der Waals surface area contributed by atoms with Crippen LogP contribution in [0.2, 0.25) is 0 Å². The summed E-state index contributed by atoms with van der Waals surface area (Å²) in [6.07, 6.45) is 0.894. The number of rotatable bonds is 14. The summed E-state index contributed by atoms with van der Waals surface area (Å²) in [5, 5.41) is 9.01. The Kier molecular flexibility index (Phi) is 10.4. The molecule has 5 rings (SSSR count). The van der Waals surface area contributed by atoms with E-state index in [0.717, 1.165) is 32.7 Å². The molecule has 0 aliphatic carbocycles. The van der Waals surface area contributed by atoms with Gasteiger partial charge in [-0.15, -0.1) is 0 Å². The molecule has 44 heavy (non-hydrogen) atoms. The third kappa shape index (κ3) is 7.51. The highest BCUT2D eigenvalue weighted by atomic mass is 16.6. The highest BCUT2D eigenvalue weighted by Gasteiger charge is 2.44. The summed E-state index contributed by atoms with van der Waals surface area (Å²) in [4.78, 5) is 42.5. The van der Waals surface area contributed by atoms with Crippen LogP contribution in [0.25, 0.3) is 11.1 Å². The summed E-state index contributed by atoms with van der Waals surface area (Å²) in [6.45, 7) is 2.68. The van der Waals surface area contributed by atoms with E-state index in [0.29, 0.717) is 31.6 Å². The number of Topliss-reactive ketones (excluding diaryl/α,β-unsaturated/α-hetero) is 1. The van der Waals surface area contributed by atoms with Crippen molar-refractivity contribution in [2.24, 2.45) is 5.92 Å². The van der Waals surface area contributed by atoms with E-state index in [1.807, 2.05) is 91.9 Å². The largest absolute Gasteiger partial charge is 0.457 e. The molecule has 0 spiro atoms. The number of aliphatic hydroxyl groups is 1. The number of ether oxygens (including phenoxy) is 2. The topological polar surface area (TPSA) is 106 Å². The van der Waals surface area contributed by atoms with Crippen LogP contribution in [0.5, 0.6) is 0 Å². The number of amides is 2. The zero-order chi connectivity index (χ0) is 30.9. The summed E-state index contributed by atoms with van der Waals surface area (Å²) in [5.74, 6) is -1.61. The maximum Gasteiger partial charge on any atom is 0.417 e. The molecule has 1 saturated heterocycles. The first-order chi connectivity index (χ1) is 21.4. The molecule has 8 nitrogen and oxygen atoms in total. The molecule has 8 heteroatoms. The van der Waals surface area contributed by atoms with Crippen molar-refractivity contribution in [3.63, 3.8) is 0 Å². The van der Waals surface area contributed by atoms with Gasteiger partial charge in [-0.05, 0) is 48.9 Å². The van der Waals surface area contributed by atoms with Crippen LogP contribution in [0.4, 0.5) is 4.79 Å². The van der Waals surface area contributed by atoms with Gasteiger partial charge in [0.25, 0.3) is 0 Å². The van der Waals surface area contributed by atoms with Gasteiger partial charge in [0.05, 0.1) is 19.3 Å². The Morgan fingerprint density at radius 1 is 0.955 bits per heavy atom. The van der Waals surface area contributed by atoms with Crippen molar-refractivity contribution < 1.29 is 33.4 Å². The number of benzene rings is 3. The molecule has 0 bridgehead atoms. The fourth-order valence-corrected chi connectivity index (χ4v) is 5.54. The van der Waals surface area contributed by atoms with Gasteiger partial charge in [0.2, 0.25) is 11.7 Å². The average Bonchev–Trinajstić information content (AvgIpc) is 3.63. The zero-order valence-electron chi connectivity index (χ0n) is 24.8. The van der Waals surface area contributed by atoms with Crippen LogP contribution in [-0.4, -0.2) is 60.3 Å². The first kappa shape index (κ1) is 30.9. The fourth-order valence-electron chi connectivity index (χ4n) is 5.54. The highest BCUT2D eigenvalue weighted by molar-refractivity contribution is 6.12. The number of hydrogen-bond acceptors (Lipinski definition) is 7. The van der Waals surface area contributed by atoms with Crippen LogP contribution in [-0.2, 0) is 33.5 Å². The number of hydrogen-bond donors (Lipinski definition) is 1. The molecule has 0 radical (unpaired) electrons. The van der Waals surface area contributed by atoms with E-state index in [1.54, 1.807) is 6.07 Å². The van der Waals surface area contributed by atoms with Crippen LogP contribution < -0.4 is 0 Å². The predicted molar refractivity (Wildman–Crippen MR) is 165 cm³/mol. The zero-order valence-corrected chi connectivity index (χ0v) is 24.8. The summed E-state index contributed by atoms with van der Waals surface area (Å²) in [5.41, 5.74) is 4.48. The molecular weight excluding hydrogens is 558 g/mol. The van der Waals surface area contributed by atoms with Gasteiger partial charge in [-0.25, -0.2) is 9.69 Å². The number of aliphatic hydroxyl groups excluding tert-OH is 1. The summed E-state index contributed by atoms with van der Waals surface area (Å²) >= 11 is 0. The van der Waals surface area contributed by atoms with E-state index in [2.05, 4.69) is 0 Å². The second-order valence-electron chi connectivity index (χ2n) is 11.0. The molecule has 4 aromatic rings. The lowest BCUT2D eigenvalue weighted by molar-refractivity contribution is -0.131. The fraction of sp³-hybridized carbons (Fsp3) is 0.306. The number of ketones is 1. The Bertz CT molecular complexity index is 1560. The van der Waals surface area contributed by atoms with Crippen molar-refractivity contribution in [1.82, 2.24) is 4.90 Å². The summed E-state index contributed by atoms with van der Waals surface area (Å²) in [6, 6.07) is 28.0. The van der Waals surface area contributed by atoms with Gasteiger partial charge in [-0.3, -0.25) is 9.59 Å². The van der Waals surface area contributed by atoms with Crippen LogP contribution in [0.3, 0.4) is 0 Å². The smallest absolute Gasteiger partial charge is 0.417 e. The number of furan rings is 1. The van der Waals surface area contributed by atoms with Crippen molar-refractivity contribution in [2.45, 2.75) is 38.6 Å². The lowest BCUT2D eigenvalue weighted by Gasteiger charge is -2.24. The second-order valence-corrected chi connectivity index (χ2v) is 11.0. The summed E-state index contributed by atoms with van der Waals surface area (Å²) < 4.78 is 17.0. The molecule has 1 aliphatic rings. The van der Waals surface area contributed by atoms with E-state index < -0.39 is 29.7 Å². The van der Waals surface area contributed by atoms with E-state index in [9.17, 15) is 14.4 Å². The van der Waals surface area contributed by atoms with E-state index in [-0.39, 0.29) is 32.0 Å². The average molecular weight is 596 g/mol. The minimum Gasteiger partial charge on any atom is -0.457 e. The van der Waals surface area contributed by atoms with E-state index in [1.165, 1.54) is 0 Å². The van der Waals surface area contributed by atoms with Crippen molar-refractivity contribution in [3.05, 3.63) is 119 Å². The van der Waals surface area contributed by atoms with Gasteiger partial charge in [0.1, 0.15) is 18.3 Å². The molecule has 1 fully saturated rings. The Balaban J connectivity index is 1.47. The predicted octanol–water partition coefficient (Wildman–Crippen LogP) is 5.83. The lowest BCUT2D eigenvalue weighted by Crippen LogP contribution is -2.46. The molecule has 1 aromatic heterocycles. The Hall–Kier alpha value is -4.53. The van der Waals surface area contributed by atoms with E-state index >= 15 is 0 Å². The van der Waals surface area contributed by atoms with Crippen molar-refractivity contribution in [3.8, 4) is 11.1 Å². The Morgan fingerprint density at radius 3 is 2.39 bits per heavy atom. The Labute approximate surface area is 257 Å². The van der Waals surface area contributed by atoms with Crippen molar-refractivity contribution in [1.29, 1.82) is 0 Å². The maximum atomic E-state index is 14.3. The molecule has 0 saturated carbocycles. The van der Waals surface area contributed by atoms with Crippen LogP contribution in [0.1, 0.15) is 39.4 Å². The minimum atomic E-state index is -1.20. The molecule has 2 atom stereocenters. The van der Waals surface area contributed by atoms with Gasteiger partial charge in [0, 0.05) is 18.6 Å². The third-order valence-electron chi connectivity index (χ3n) is 7.72. The van der Waals surface area contributed by atoms with Gasteiger partial charge in [-0.2, -0.15) is 0 Å². The molecule has 1 aliphatic heterocycles. The van der Waals surface area contributed by atoms with E-state index in [4.69, 9.17) is 19.0 Å². The minimum absolute atomic E-state index is 0.0540. The monoisotopic (exact) mass is 595 g/mol. The number of cyclic esters (lactones) is 1. The number of carbonyl (C=O) groups is 3. The van der Waals surface area contributed by atoms with Gasteiger partial charge in [0.15, 0.2) is 5.76 Å². The Morgan fingerprint density at radius 2 is 1.68 bits per heavy atom. The molecule has 1 N–H and O–H groups in total. The number of carbonyl (C=O) groups excluding carboxylic acids is 3. The first-order valence-electron chi connectivity index (χ1n) is 14.9. The van der Waals surface area contributed by atoms with Gasteiger partial charge < -0.3 is 19.0 Å². The summed E-state index contributed by atoms with van der Waals surface area (Å²) in [7, 11) is 0. The normalized spacial score (nSPS) is 15.3. The molecule has 2 heterocycles. The number of aryl methyl sites for hydroxylation is 2. The van der Waals surface area contributed by atoms with Crippen LogP contribution in [0.15, 0.2) is 95.4 Å². The van der Waals surface area contributed by atoms with Crippen LogP contribution in [0, 0.1) is 12.8 Å². The standard InChI is InChI=1S/C36H37NO7/c1-25-10-8-15-28(20-25)30-23-33(44-32(30)16-9-18-42-19-17-38)34(39)31(22-27-13-6-3-7-14-27)35(40)37-29(24-43-36(37)41)21-26-11-4-2-5-12-26/h2-8,10-15,20,23,29,31,38H,9,16-19,21-22,24H2,1H3/t29-,31-/m1/s1. The number of nitrogens with zero attached hydrogens (tertiary/aromatic N) is 1. The van der Waals surface area contributed by atoms with Gasteiger partial charge >= 0.3 is 6.09 Å². The lowest BCUT2D eigenvalue weighted by atomic mass is 9.91. The van der Waals surface area contributed by atoms with Crippen LogP contribution >= 0.6 is 0 Å². The first-order valence-corrected chi connectivity index (χ1v) is 14.9. The molecular formula is C36H37NO7. The second kappa shape index (κ2) is 14.8. The maximum absolute atomic E-state index is 14.3.